The van der Waals surface area contributed by atoms with Crippen molar-refractivity contribution in [2.75, 3.05) is 56.1 Å². The largest absolute Gasteiger partial charge is 0.487 e. The molecular formula is C16H24N4O2. The summed E-state index contributed by atoms with van der Waals surface area (Å²) in [6, 6.07) is 6.15. The van der Waals surface area contributed by atoms with Crippen LogP contribution >= 0.6 is 0 Å². The van der Waals surface area contributed by atoms with Crippen molar-refractivity contribution >= 4 is 17.3 Å². The maximum atomic E-state index is 11.9. The number of para-hydroxylation sites is 1. The third-order valence-corrected chi connectivity index (χ3v) is 4.17. The van der Waals surface area contributed by atoms with E-state index in [4.69, 9.17) is 4.74 Å². The molecular weight excluding hydrogens is 280 g/mol. The highest BCUT2D eigenvalue weighted by Crippen LogP contribution is 2.41. The number of nitrogens with zero attached hydrogens (tertiary/aromatic N) is 2. The molecule has 0 bridgehead atoms. The van der Waals surface area contributed by atoms with Crippen molar-refractivity contribution in [1.29, 1.82) is 0 Å². The van der Waals surface area contributed by atoms with Crippen molar-refractivity contribution in [2.24, 2.45) is 0 Å². The minimum Gasteiger partial charge on any atom is -0.487 e. The van der Waals surface area contributed by atoms with Crippen molar-refractivity contribution in [3.8, 4) is 5.75 Å². The normalized spacial score (nSPS) is 21.1. The van der Waals surface area contributed by atoms with Gasteiger partial charge in [0.05, 0.1) is 18.8 Å². The van der Waals surface area contributed by atoms with Crippen molar-refractivity contribution < 1.29 is 9.53 Å². The van der Waals surface area contributed by atoms with E-state index in [1.165, 1.54) is 0 Å². The highest BCUT2D eigenvalue weighted by atomic mass is 16.5. The molecule has 0 saturated carbocycles. The van der Waals surface area contributed by atoms with Gasteiger partial charge in [-0.1, -0.05) is 6.07 Å². The standard InChI is InChI=1S/C16H24N4O2/c1-12-10-20(11-15(21)17-2)16-13(4-3-5-14(16)22-12)19-8-6-18-7-9-19/h3-5,12,18H,6-11H2,1-2H3,(H,17,21). The predicted molar refractivity (Wildman–Crippen MR) is 87.9 cm³/mol. The number of hydrogen-bond donors (Lipinski definition) is 2. The van der Waals surface area contributed by atoms with Gasteiger partial charge in [0, 0.05) is 33.2 Å². The molecule has 1 aromatic rings. The molecule has 0 radical (unpaired) electrons. The number of ether oxygens (including phenoxy) is 1. The van der Waals surface area contributed by atoms with Crippen LogP contribution < -0.4 is 25.2 Å². The fourth-order valence-electron chi connectivity index (χ4n) is 3.14. The molecule has 1 aromatic carbocycles. The number of rotatable bonds is 3. The molecule has 1 saturated heterocycles. The minimum atomic E-state index is 0.0233. The molecule has 3 rings (SSSR count). The van der Waals surface area contributed by atoms with Crippen molar-refractivity contribution in [1.82, 2.24) is 10.6 Å². The van der Waals surface area contributed by atoms with E-state index in [1.807, 2.05) is 19.1 Å². The molecule has 2 N–H and O–H groups in total. The molecule has 1 amide bonds. The van der Waals surface area contributed by atoms with Gasteiger partial charge in [-0.05, 0) is 19.1 Å². The number of amides is 1. The van der Waals surface area contributed by atoms with E-state index in [1.54, 1.807) is 7.05 Å². The predicted octanol–water partition coefficient (Wildman–Crippen LogP) is 0.430. The number of fused-ring (bicyclic) bond motifs is 1. The topological polar surface area (TPSA) is 56.8 Å². The van der Waals surface area contributed by atoms with E-state index in [-0.39, 0.29) is 12.0 Å². The van der Waals surface area contributed by atoms with Crippen LogP contribution in [0.5, 0.6) is 5.75 Å². The lowest BCUT2D eigenvalue weighted by atomic mass is 10.1. The lowest BCUT2D eigenvalue weighted by Gasteiger charge is -2.39. The molecule has 0 aromatic heterocycles. The average molecular weight is 304 g/mol. The second kappa shape index (κ2) is 6.44. The molecule has 2 aliphatic rings. The first-order chi connectivity index (χ1) is 10.7. The van der Waals surface area contributed by atoms with Crippen LogP contribution in [-0.4, -0.2) is 58.3 Å². The van der Waals surface area contributed by atoms with E-state index in [0.29, 0.717) is 6.54 Å². The maximum Gasteiger partial charge on any atom is 0.239 e. The SMILES string of the molecule is CNC(=O)CN1CC(C)Oc2cccc(N3CCNCC3)c21. The van der Waals surface area contributed by atoms with Crippen LogP contribution in [-0.2, 0) is 4.79 Å². The summed E-state index contributed by atoms with van der Waals surface area (Å²) in [5.74, 6) is 0.897. The van der Waals surface area contributed by atoms with Gasteiger partial charge in [-0.25, -0.2) is 0 Å². The minimum absolute atomic E-state index is 0.0233. The summed E-state index contributed by atoms with van der Waals surface area (Å²) in [5, 5.41) is 6.09. The first-order valence-corrected chi connectivity index (χ1v) is 7.90. The molecule has 6 nitrogen and oxygen atoms in total. The van der Waals surface area contributed by atoms with E-state index in [9.17, 15) is 4.79 Å². The van der Waals surface area contributed by atoms with Gasteiger partial charge in [0.15, 0.2) is 0 Å². The van der Waals surface area contributed by atoms with Gasteiger partial charge in [-0.3, -0.25) is 4.79 Å². The van der Waals surface area contributed by atoms with Crippen molar-refractivity contribution in [3.63, 3.8) is 0 Å². The third-order valence-electron chi connectivity index (χ3n) is 4.17. The average Bonchev–Trinajstić information content (AvgIpc) is 2.54. The second-order valence-electron chi connectivity index (χ2n) is 5.84. The molecule has 2 heterocycles. The van der Waals surface area contributed by atoms with E-state index in [0.717, 1.165) is 49.8 Å². The summed E-state index contributed by atoms with van der Waals surface area (Å²) >= 11 is 0. The fourth-order valence-corrected chi connectivity index (χ4v) is 3.14. The Labute approximate surface area is 131 Å². The van der Waals surface area contributed by atoms with E-state index >= 15 is 0 Å². The lowest BCUT2D eigenvalue weighted by Crippen LogP contribution is -2.47. The third kappa shape index (κ3) is 2.97. The summed E-state index contributed by atoms with van der Waals surface area (Å²) in [6.45, 7) is 7.04. The Bertz CT molecular complexity index is 543. The van der Waals surface area contributed by atoms with Gasteiger partial charge >= 0.3 is 0 Å². The number of benzene rings is 1. The molecule has 22 heavy (non-hydrogen) atoms. The number of carbonyl (C=O) groups excluding carboxylic acids is 1. The molecule has 1 atom stereocenters. The van der Waals surface area contributed by atoms with Gasteiger partial charge < -0.3 is 25.2 Å². The van der Waals surface area contributed by atoms with Crippen LogP contribution in [0.2, 0.25) is 0 Å². The maximum absolute atomic E-state index is 11.9. The van der Waals surface area contributed by atoms with Crippen LogP contribution in [0.3, 0.4) is 0 Å². The zero-order valence-corrected chi connectivity index (χ0v) is 13.3. The van der Waals surface area contributed by atoms with Crippen LogP contribution in [0.1, 0.15) is 6.92 Å². The van der Waals surface area contributed by atoms with Crippen LogP contribution in [0.4, 0.5) is 11.4 Å². The van der Waals surface area contributed by atoms with Crippen LogP contribution in [0, 0.1) is 0 Å². The highest BCUT2D eigenvalue weighted by Gasteiger charge is 2.29. The van der Waals surface area contributed by atoms with Gasteiger partial charge in [0.1, 0.15) is 17.5 Å². The molecule has 2 aliphatic heterocycles. The zero-order valence-electron chi connectivity index (χ0n) is 13.3. The highest BCUT2D eigenvalue weighted by molar-refractivity contribution is 5.86. The number of carbonyl (C=O) groups is 1. The molecule has 1 fully saturated rings. The fraction of sp³-hybridized carbons (Fsp3) is 0.562. The smallest absolute Gasteiger partial charge is 0.239 e. The first-order valence-electron chi connectivity index (χ1n) is 7.90. The Morgan fingerprint density at radius 2 is 2.18 bits per heavy atom. The Morgan fingerprint density at radius 3 is 2.91 bits per heavy atom. The van der Waals surface area contributed by atoms with E-state index in [2.05, 4.69) is 26.5 Å². The zero-order chi connectivity index (χ0) is 15.5. The number of piperazine rings is 1. The van der Waals surface area contributed by atoms with Crippen LogP contribution in [0.15, 0.2) is 18.2 Å². The summed E-state index contributed by atoms with van der Waals surface area (Å²) in [6.07, 6.45) is 0.0791. The van der Waals surface area contributed by atoms with Gasteiger partial charge in [0.25, 0.3) is 0 Å². The van der Waals surface area contributed by atoms with Gasteiger partial charge in [-0.2, -0.15) is 0 Å². The van der Waals surface area contributed by atoms with Gasteiger partial charge in [0.2, 0.25) is 5.91 Å². The quantitative estimate of drug-likeness (QED) is 0.848. The Morgan fingerprint density at radius 1 is 1.41 bits per heavy atom. The number of hydrogen-bond acceptors (Lipinski definition) is 5. The molecule has 1 unspecified atom stereocenters. The van der Waals surface area contributed by atoms with Gasteiger partial charge in [-0.15, -0.1) is 0 Å². The summed E-state index contributed by atoms with van der Waals surface area (Å²) in [5.41, 5.74) is 2.21. The first kappa shape index (κ1) is 15.0. The van der Waals surface area contributed by atoms with E-state index < -0.39 is 0 Å². The van der Waals surface area contributed by atoms with Crippen molar-refractivity contribution in [3.05, 3.63) is 18.2 Å². The van der Waals surface area contributed by atoms with Crippen molar-refractivity contribution in [2.45, 2.75) is 13.0 Å². The molecule has 6 heteroatoms. The number of anilines is 2. The Hall–Kier alpha value is -1.95. The van der Waals surface area contributed by atoms with Crippen LogP contribution in [0.25, 0.3) is 0 Å². The summed E-state index contributed by atoms with van der Waals surface area (Å²) in [4.78, 5) is 16.4. The summed E-state index contributed by atoms with van der Waals surface area (Å²) in [7, 11) is 1.68. The molecule has 0 aliphatic carbocycles. The molecule has 0 spiro atoms. The number of nitrogens with one attached hydrogen (secondary N) is 2. The number of likely N-dealkylation sites (N-methyl/N-ethyl adjacent to an activating group) is 1. The summed E-state index contributed by atoms with van der Waals surface area (Å²) < 4.78 is 5.99. The second-order valence-corrected chi connectivity index (χ2v) is 5.84. The Balaban J connectivity index is 1.95. The Kier molecular flexibility index (Phi) is 4.38. The monoisotopic (exact) mass is 304 g/mol. The molecule has 120 valence electrons. The lowest BCUT2D eigenvalue weighted by molar-refractivity contribution is -0.119.